The summed E-state index contributed by atoms with van der Waals surface area (Å²) in [6, 6.07) is 15.2. The Morgan fingerprint density at radius 2 is 1.72 bits per heavy atom. The third-order valence-corrected chi connectivity index (χ3v) is 7.07. The molecule has 0 saturated carbocycles. The average Bonchev–Trinajstić information content (AvgIpc) is 2.74. The zero-order valence-corrected chi connectivity index (χ0v) is 20.4. The number of ketones is 1. The summed E-state index contributed by atoms with van der Waals surface area (Å²) < 4.78 is 16.8. The number of rotatable bonds is 6. The fourth-order valence-corrected chi connectivity index (χ4v) is 4.23. The van der Waals surface area contributed by atoms with Crippen LogP contribution in [-0.4, -0.2) is 19.7 Å². The molecule has 2 atom stereocenters. The van der Waals surface area contributed by atoms with E-state index < -0.39 is 16.1 Å². The van der Waals surface area contributed by atoms with Gasteiger partial charge in [0.2, 0.25) is 0 Å². The number of halogens is 1. The SMILES string of the molecule is C[C@H](N[S@@+]([O-])C(C)(C)C)c1cc(=O)n(C)cc1-c1ccccc1C(=O)c1ccc(Cl)cc1. The molecule has 0 unspecified atom stereocenters. The Morgan fingerprint density at radius 3 is 2.34 bits per heavy atom. The molecule has 0 aliphatic heterocycles. The van der Waals surface area contributed by atoms with Crippen molar-refractivity contribution in [3.8, 4) is 11.1 Å². The molecule has 0 spiro atoms. The maximum absolute atomic E-state index is 13.3. The minimum atomic E-state index is -1.33. The number of hydrogen-bond acceptors (Lipinski definition) is 4. The molecular formula is C25H27ClN2O3S. The van der Waals surface area contributed by atoms with E-state index in [9.17, 15) is 14.1 Å². The Kier molecular flexibility index (Phi) is 7.30. The van der Waals surface area contributed by atoms with Crippen LogP contribution in [0.4, 0.5) is 0 Å². The number of benzene rings is 2. The van der Waals surface area contributed by atoms with Gasteiger partial charge in [0.1, 0.15) is 4.75 Å². The summed E-state index contributed by atoms with van der Waals surface area (Å²) in [6.07, 6.45) is 1.73. The Hall–Kier alpha value is -2.38. The van der Waals surface area contributed by atoms with Gasteiger partial charge in [-0.1, -0.05) is 35.9 Å². The number of aryl methyl sites for hydroxylation is 1. The molecule has 0 bridgehead atoms. The lowest BCUT2D eigenvalue weighted by Gasteiger charge is -2.27. The van der Waals surface area contributed by atoms with Gasteiger partial charge in [-0.05, 0) is 63.1 Å². The van der Waals surface area contributed by atoms with Gasteiger partial charge in [0.25, 0.3) is 5.56 Å². The third kappa shape index (κ3) is 5.33. The minimum Gasteiger partial charge on any atom is -0.598 e. The van der Waals surface area contributed by atoms with E-state index in [1.54, 1.807) is 43.6 Å². The first-order chi connectivity index (χ1) is 15.0. The van der Waals surface area contributed by atoms with Crippen molar-refractivity contribution in [2.45, 2.75) is 38.5 Å². The summed E-state index contributed by atoms with van der Waals surface area (Å²) in [5.74, 6) is -0.143. The smallest absolute Gasteiger partial charge is 0.250 e. The Morgan fingerprint density at radius 1 is 1.09 bits per heavy atom. The molecular weight excluding hydrogens is 444 g/mol. The lowest BCUT2D eigenvalue weighted by molar-refractivity contribution is 0.103. The van der Waals surface area contributed by atoms with Crippen molar-refractivity contribution >= 4 is 28.7 Å². The molecule has 5 nitrogen and oxygen atoms in total. The van der Waals surface area contributed by atoms with Crippen molar-refractivity contribution in [2.75, 3.05) is 0 Å². The normalized spacial score (nSPS) is 13.6. The summed E-state index contributed by atoms with van der Waals surface area (Å²) in [5, 5.41) is 0.557. The second-order valence-corrected chi connectivity index (χ2v) is 11.1. The third-order valence-electron chi connectivity index (χ3n) is 5.14. The van der Waals surface area contributed by atoms with Crippen LogP contribution < -0.4 is 10.3 Å². The standard InChI is InChI=1S/C25H27ClN2O3S/c1-16(27-32(31)25(2,3)4)21-14-23(29)28(5)15-22(21)19-8-6-7-9-20(19)24(30)17-10-12-18(26)13-11-17/h6-16,27H,1-5H3/t16-,32-/m0/s1. The van der Waals surface area contributed by atoms with Crippen LogP contribution in [0.2, 0.25) is 5.02 Å². The summed E-state index contributed by atoms with van der Waals surface area (Å²) in [6.45, 7) is 7.51. The number of nitrogens with one attached hydrogen (secondary N) is 1. The van der Waals surface area contributed by atoms with Gasteiger partial charge in [-0.25, -0.2) is 0 Å². The van der Waals surface area contributed by atoms with Gasteiger partial charge >= 0.3 is 0 Å². The van der Waals surface area contributed by atoms with Crippen LogP contribution in [0.15, 0.2) is 65.6 Å². The van der Waals surface area contributed by atoms with E-state index in [-0.39, 0.29) is 17.4 Å². The molecule has 2 aromatic carbocycles. The van der Waals surface area contributed by atoms with Crippen LogP contribution in [0, 0.1) is 0 Å². The maximum Gasteiger partial charge on any atom is 0.250 e. The van der Waals surface area contributed by atoms with Gasteiger partial charge in [0, 0.05) is 52.4 Å². The van der Waals surface area contributed by atoms with Crippen LogP contribution in [0.5, 0.6) is 0 Å². The molecule has 0 radical (unpaired) electrons. The van der Waals surface area contributed by atoms with Crippen LogP contribution in [-0.2, 0) is 18.4 Å². The van der Waals surface area contributed by atoms with E-state index in [1.165, 1.54) is 10.6 Å². The van der Waals surface area contributed by atoms with Crippen molar-refractivity contribution < 1.29 is 9.35 Å². The van der Waals surface area contributed by atoms with Crippen molar-refractivity contribution in [1.29, 1.82) is 0 Å². The average molecular weight is 471 g/mol. The van der Waals surface area contributed by atoms with Crippen LogP contribution >= 0.6 is 11.6 Å². The van der Waals surface area contributed by atoms with Gasteiger partial charge in [-0.3, -0.25) is 9.59 Å². The summed E-state index contributed by atoms with van der Waals surface area (Å²) in [7, 11) is 1.67. The van der Waals surface area contributed by atoms with E-state index in [1.807, 2.05) is 45.9 Å². The topological polar surface area (TPSA) is 74.2 Å². The van der Waals surface area contributed by atoms with Gasteiger partial charge < -0.3 is 9.12 Å². The number of hydrogen-bond donors (Lipinski definition) is 1. The minimum absolute atomic E-state index is 0.143. The Bertz CT molecular complexity index is 1180. The lowest BCUT2D eigenvalue weighted by atomic mass is 9.91. The fourth-order valence-electron chi connectivity index (χ4n) is 3.30. The zero-order valence-electron chi connectivity index (χ0n) is 18.8. The molecule has 1 N–H and O–H groups in total. The Balaban J connectivity index is 2.12. The van der Waals surface area contributed by atoms with E-state index in [2.05, 4.69) is 4.72 Å². The molecule has 168 valence electrons. The van der Waals surface area contributed by atoms with Crippen LogP contribution in [0.1, 0.15) is 55.2 Å². The van der Waals surface area contributed by atoms with E-state index in [4.69, 9.17) is 11.6 Å². The van der Waals surface area contributed by atoms with Crippen LogP contribution in [0.25, 0.3) is 11.1 Å². The molecule has 1 heterocycles. The number of carbonyl (C=O) groups excluding carboxylic acids is 1. The van der Waals surface area contributed by atoms with Crippen molar-refractivity contribution in [3.63, 3.8) is 0 Å². The summed E-state index contributed by atoms with van der Waals surface area (Å²) in [5.41, 5.74) is 2.97. The Labute approximate surface area is 196 Å². The van der Waals surface area contributed by atoms with Gasteiger partial charge in [0.05, 0.1) is 6.04 Å². The highest BCUT2D eigenvalue weighted by Crippen LogP contribution is 2.32. The highest BCUT2D eigenvalue weighted by atomic mass is 35.5. The molecule has 1 aromatic heterocycles. The van der Waals surface area contributed by atoms with Crippen molar-refractivity contribution in [3.05, 3.63) is 92.9 Å². The molecule has 3 aromatic rings. The van der Waals surface area contributed by atoms with E-state index >= 15 is 0 Å². The molecule has 0 aliphatic carbocycles. The largest absolute Gasteiger partial charge is 0.598 e. The second-order valence-electron chi connectivity index (χ2n) is 8.69. The number of pyridine rings is 1. The molecule has 0 fully saturated rings. The number of aromatic nitrogens is 1. The lowest BCUT2D eigenvalue weighted by Crippen LogP contribution is -2.41. The van der Waals surface area contributed by atoms with Crippen molar-refractivity contribution in [1.82, 2.24) is 9.29 Å². The first-order valence-corrected chi connectivity index (χ1v) is 11.8. The second kappa shape index (κ2) is 9.63. The molecule has 32 heavy (non-hydrogen) atoms. The van der Waals surface area contributed by atoms with Gasteiger partial charge in [-0.2, -0.15) is 0 Å². The van der Waals surface area contributed by atoms with Gasteiger partial charge in [0.15, 0.2) is 5.78 Å². The number of carbonyl (C=O) groups is 1. The van der Waals surface area contributed by atoms with Crippen LogP contribution in [0.3, 0.4) is 0 Å². The molecule has 0 aliphatic rings. The monoisotopic (exact) mass is 470 g/mol. The molecule has 0 amide bonds. The predicted molar refractivity (Wildman–Crippen MR) is 131 cm³/mol. The predicted octanol–water partition coefficient (Wildman–Crippen LogP) is 5.05. The summed E-state index contributed by atoms with van der Waals surface area (Å²) >= 11 is 4.65. The first kappa shape index (κ1) is 24.3. The van der Waals surface area contributed by atoms with Gasteiger partial charge in [-0.15, -0.1) is 4.72 Å². The highest BCUT2D eigenvalue weighted by Gasteiger charge is 2.30. The zero-order chi connectivity index (χ0) is 23.6. The first-order valence-electron chi connectivity index (χ1n) is 10.3. The quantitative estimate of drug-likeness (QED) is 0.404. The summed E-state index contributed by atoms with van der Waals surface area (Å²) in [4.78, 5) is 25.8. The molecule has 7 heteroatoms. The number of nitrogens with zero attached hydrogens (tertiary/aromatic N) is 1. The molecule has 3 rings (SSSR count). The maximum atomic E-state index is 13.3. The highest BCUT2D eigenvalue weighted by molar-refractivity contribution is 7.90. The van der Waals surface area contributed by atoms with Crippen molar-refractivity contribution in [2.24, 2.45) is 7.05 Å². The van der Waals surface area contributed by atoms with E-state index in [0.29, 0.717) is 27.3 Å². The van der Waals surface area contributed by atoms with E-state index in [0.717, 1.165) is 5.56 Å². The fraction of sp³-hybridized carbons (Fsp3) is 0.280. The molecule has 0 saturated heterocycles.